The number of carbonyl (C=O) groups excluding carboxylic acids is 3. The largest absolute Gasteiger partial charge is 0.368 e. The Labute approximate surface area is 181 Å². The van der Waals surface area contributed by atoms with Crippen molar-refractivity contribution in [2.45, 2.75) is 23.8 Å². The van der Waals surface area contributed by atoms with E-state index in [1.54, 1.807) is 15.9 Å². The van der Waals surface area contributed by atoms with Crippen LogP contribution in [0.2, 0.25) is 0 Å². The molecular weight excluding hydrogens is 424 g/mol. The van der Waals surface area contributed by atoms with Crippen LogP contribution in [0.1, 0.15) is 23.2 Å². The molecule has 0 saturated carbocycles. The number of hydrogen-bond donors (Lipinski definition) is 1. The molecule has 3 aliphatic heterocycles. The Morgan fingerprint density at radius 3 is 2.48 bits per heavy atom. The van der Waals surface area contributed by atoms with Gasteiger partial charge in [0.05, 0.1) is 11.4 Å². The lowest BCUT2D eigenvalue weighted by atomic mass is 10.1. The van der Waals surface area contributed by atoms with Gasteiger partial charge in [0, 0.05) is 51.4 Å². The molecule has 0 bridgehead atoms. The molecule has 0 spiro atoms. The summed E-state index contributed by atoms with van der Waals surface area (Å²) in [5.41, 5.74) is 0.265. The molecule has 168 valence electrons. The topological polar surface area (TPSA) is 116 Å². The third-order valence-electron chi connectivity index (χ3n) is 5.81. The van der Waals surface area contributed by atoms with E-state index in [1.807, 2.05) is 0 Å². The van der Waals surface area contributed by atoms with Gasteiger partial charge in [-0.15, -0.1) is 0 Å². The fourth-order valence-electron chi connectivity index (χ4n) is 4.05. The first kappa shape index (κ1) is 21.7. The van der Waals surface area contributed by atoms with Gasteiger partial charge in [-0.1, -0.05) is 6.07 Å². The molecule has 31 heavy (non-hydrogen) atoms. The molecule has 1 atom stereocenters. The zero-order valence-electron chi connectivity index (χ0n) is 17.2. The third-order valence-corrected chi connectivity index (χ3v) is 7.65. The summed E-state index contributed by atoms with van der Waals surface area (Å²) in [6, 6.07) is 5.89. The minimum Gasteiger partial charge on any atom is -0.368 e. The number of nitrogens with one attached hydrogen (secondary N) is 1. The number of amides is 3. The van der Waals surface area contributed by atoms with Crippen molar-refractivity contribution >= 4 is 27.7 Å². The van der Waals surface area contributed by atoms with Crippen LogP contribution in [-0.2, 0) is 24.3 Å². The van der Waals surface area contributed by atoms with Gasteiger partial charge >= 0.3 is 0 Å². The highest BCUT2D eigenvalue weighted by Gasteiger charge is 2.33. The summed E-state index contributed by atoms with van der Waals surface area (Å²) in [6.07, 6.45) is 1.25. The zero-order chi connectivity index (χ0) is 22.0. The number of sulfonamides is 1. The number of rotatable bonds is 4. The van der Waals surface area contributed by atoms with E-state index in [-0.39, 0.29) is 53.9 Å². The summed E-state index contributed by atoms with van der Waals surface area (Å²) >= 11 is 0. The highest BCUT2D eigenvalue weighted by atomic mass is 32.2. The lowest BCUT2D eigenvalue weighted by molar-refractivity contribution is -0.142. The Hall–Kier alpha value is -2.50. The molecule has 10 nitrogen and oxygen atoms in total. The lowest BCUT2D eigenvalue weighted by Crippen LogP contribution is -2.52. The summed E-state index contributed by atoms with van der Waals surface area (Å²) in [5, 5.41) is 2.60. The molecule has 1 aromatic rings. The van der Waals surface area contributed by atoms with Gasteiger partial charge in [0.25, 0.3) is 11.8 Å². The van der Waals surface area contributed by atoms with Crippen molar-refractivity contribution in [1.29, 1.82) is 0 Å². The maximum atomic E-state index is 13.0. The van der Waals surface area contributed by atoms with E-state index in [1.165, 1.54) is 18.2 Å². The molecule has 3 heterocycles. The van der Waals surface area contributed by atoms with Crippen molar-refractivity contribution in [3.63, 3.8) is 0 Å². The molecule has 1 unspecified atom stereocenters. The molecule has 3 fully saturated rings. The summed E-state index contributed by atoms with van der Waals surface area (Å²) in [4.78, 5) is 40.4. The molecule has 0 aliphatic carbocycles. The van der Waals surface area contributed by atoms with Crippen LogP contribution in [0, 0.1) is 0 Å². The number of benzene rings is 1. The van der Waals surface area contributed by atoms with E-state index in [9.17, 15) is 22.8 Å². The molecule has 4 rings (SSSR count). The van der Waals surface area contributed by atoms with E-state index >= 15 is 0 Å². The van der Waals surface area contributed by atoms with Gasteiger partial charge in [-0.05, 0) is 31.0 Å². The second-order valence-electron chi connectivity index (χ2n) is 7.84. The maximum Gasteiger partial charge on any atom is 0.254 e. The first-order chi connectivity index (χ1) is 14.9. The first-order valence-electron chi connectivity index (χ1n) is 10.4. The quantitative estimate of drug-likeness (QED) is 0.647. The lowest BCUT2D eigenvalue weighted by Gasteiger charge is -2.35. The van der Waals surface area contributed by atoms with Gasteiger partial charge < -0.3 is 19.9 Å². The molecule has 1 aromatic carbocycles. The standard InChI is InChI=1S/C20H26N4O6S/c25-18-14-24(7-6-21-18)31(28,29)16-4-1-3-15(13-16)19(26)22-8-10-23(11-9-22)20(27)17-5-2-12-30-17/h1,3-4,13,17H,2,5-12,14H2,(H,21,25). The normalized spacial score (nSPS) is 23.0. The van der Waals surface area contributed by atoms with Crippen molar-refractivity contribution in [2.24, 2.45) is 0 Å². The van der Waals surface area contributed by atoms with Gasteiger partial charge in [0.15, 0.2) is 0 Å². The predicted molar refractivity (Wildman–Crippen MR) is 110 cm³/mol. The fourth-order valence-corrected chi connectivity index (χ4v) is 5.49. The minimum absolute atomic E-state index is 0.0137. The van der Waals surface area contributed by atoms with Crippen LogP contribution < -0.4 is 5.32 Å². The Bertz CT molecular complexity index is 968. The monoisotopic (exact) mass is 450 g/mol. The molecule has 3 saturated heterocycles. The van der Waals surface area contributed by atoms with Gasteiger partial charge in [0.2, 0.25) is 15.9 Å². The van der Waals surface area contributed by atoms with E-state index in [0.29, 0.717) is 32.8 Å². The number of nitrogens with zero attached hydrogens (tertiary/aromatic N) is 3. The number of piperazine rings is 2. The number of carbonyl (C=O) groups is 3. The van der Waals surface area contributed by atoms with Crippen LogP contribution in [0.4, 0.5) is 0 Å². The SMILES string of the molecule is O=C1CN(S(=O)(=O)c2cccc(C(=O)N3CCN(C(=O)C4CCCO4)CC3)c2)CCN1. The Kier molecular flexibility index (Phi) is 6.26. The van der Waals surface area contributed by atoms with E-state index in [0.717, 1.165) is 17.1 Å². The fraction of sp³-hybridized carbons (Fsp3) is 0.550. The Morgan fingerprint density at radius 2 is 1.81 bits per heavy atom. The molecule has 11 heteroatoms. The molecule has 3 amide bonds. The molecule has 0 aromatic heterocycles. The molecule has 3 aliphatic rings. The highest BCUT2D eigenvalue weighted by molar-refractivity contribution is 7.89. The van der Waals surface area contributed by atoms with Crippen LogP contribution in [-0.4, -0.2) is 98.8 Å². The van der Waals surface area contributed by atoms with Crippen molar-refractivity contribution in [3.8, 4) is 0 Å². The number of ether oxygens (including phenoxy) is 1. The van der Waals surface area contributed by atoms with Crippen LogP contribution in [0.25, 0.3) is 0 Å². The smallest absolute Gasteiger partial charge is 0.254 e. The van der Waals surface area contributed by atoms with Gasteiger partial charge in [0.1, 0.15) is 6.10 Å². The minimum atomic E-state index is -3.88. The zero-order valence-corrected chi connectivity index (χ0v) is 18.0. The average molecular weight is 451 g/mol. The van der Waals surface area contributed by atoms with Crippen LogP contribution in [0.5, 0.6) is 0 Å². The van der Waals surface area contributed by atoms with Gasteiger partial charge in [-0.2, -0.15) is 4.31 Å². The van der Waals surface area contributed by atoms with Crippen LogP contribution in [0.15, 0.2) is 29.2 Å². The molecule has 1 N–H and O–H groups in total. The van der Waals surface area contributed by atoms with Gasteiger partial charge in [-0.25, -0.2) is 8.42 Å². The van der Waals surface area contributed by atoms with Crippen molar-refractivity contribution in [1.82, 2.24) is 19.4 Å². The average Bonchev–Trinajstić information content (AvgIpc) is 3.33. The Balaban J connectivity index is 1.41. The van der Waals surface area contributed by atoms with Crippen molar-refractivity contribution < 1.29 is 27.5 Å². The van der Waals surface area contributed by atoms with Crippen LogP contribution >= 0.6 is 0 Å². The van der Waals surface area contributed by atoms with Crippen LogP contribution in [0.3, 0.4) is 0 Å². The third kappa shape index (κ3) is 4.58. The maximum absolute atomic E-state index is 13.0. The van der Waals surface area contributed by atoms with E-state index < -0.39 is 10.0 Å². The highest BCUT2D eigenvalue weighted by Crippen LogP contribution is 2.20. The summed E-state index contributed by atoms with van der Waals surface area (Å²) in [7, 11) is -3.88. The second kappa shape index (κ2) is 8.93. The summed E-state index contributed by atoms with van der Waals surface area (Å²) < 4.78 is 32.4. The van der Waals surface area contributed by atoms with Gasteiger partial charge in [-0.3, -0.25) is 14.4 Å². The second-order valence-corrected chi connectivity index (χ2v) is 9.77. The van der Waals surface area contributed by atoms with E-state index in [4.69, 9.17) is 4.74 Å². The summed E-state index contributed by atoms with van der Waals surface area (Å²) in [5.74, 6) is -0.654. The molecule has 0 radical (unpaired) electrons. The first-order valence-corrected chi connectivity index (χ1v) is 11.9. The van der Waals surface area contributed by atoms with Crippen molar-refractivity contribution in [3.05, 3.63) is 29.8 Å². The summed E-state index contributed by atoms with van der Waals surface area (Å²) in [6.45, 7) is 2.41. The van der Waals surface area contributed by atoms with E-state index in [2.05, 4.69) is 5.32 Å². The number of hydrogen-bond acceptors (Lipinski definition) is 6. The predicted octanol–water partition coefficient (Wildman–Crippen LogP) is -0.729. The molecular formula is C20H26N4O6S. The Morgan fingerprint density at radius 1 is 1.06 bits per heavy atom. The van der Waals surface area contributed by atoms with Crippen molar-refractivity contribution in [2.75, 3.05) is 52.4 Å².